The van der Waals surface area contributed by atoms with Crippen molar-refractivity contribution >= 4 is 12.1 Å². The molecule has 1 aliphatic heterocycles. The zero-order valence-corrected chi connectivity index (χ0v) is 21.6. The van der Waals surface area contributed by atoms with Crippen LogP contribution < -0.4 is 0 Å². The highest BCUT2D eigenvalue weighted by Gasteiger charge is 2.41. The topological polar surface area (TPSA) is 73.7 Å². The molecule has 2 heterocycles. The summed E-state index contributed by atoms with van der Waals surface area (Å²) >= 11 is 0. The molecule has 1 saturated heterocycles. The molecule has 2 unspecified atom stereocenters. The first kappa shape index (κ1) is 25.8. The fourth-order valence-electron chi connectivity index (χ4n) is 4.26. The predicted octanol–water partition coefficient (Wildman–Crippen LogP) is 5.32. The molecule has 3 rings (SSSR count). The highest BCUT2D eigenvalue weighted by molar-refractivity contribution is 5.82. The Morgan fingerprint density at radius 1 is 1.03 bits per heavy atom. The summed E-state index contributed by atoms with van der Waals surface area (Å²) in [5.74, 6) is -0.346. The molecule has 1 aromatic heterocycles. The van der Waals surface area contributed by atoms with Gasteiger partial charge in [0.1, 0.15) is 17.2 Å². The zero-order chi connectivity index (χ0) is 25.1. The number of amides is 1. The third kappa shape index (κ3) is 6.84. The highest BCUT2D eigenvalue weighted by atomic mass is 16.6. The van der Waals surface area contributed by atoms with E-state index in [1.165, 1.54) is 10.5 Å². The maximum atomic E-state index is 13.1. The van der Waals surface area contributed by atoms with Crippen molar-refractivity contribution in [1.29, 1.82) is 0 Å². The molecule has 2 aromatic rings. The van der Waals surface area contributed by atoms with E-state index < -0.39 is 29.3 Å². The quantitative estimate of drug-likeness (QED) is 0.554. The van der Waals surface area contributed by atoms with Gasteiger partial charge in [0, 0.05) is 31.1 Å². The molecule has 0 radical (unpaired) electrons. The largest absolute Gasteiger partial charge is 0.458 e. The highest BCUT2D eigenvalue weighted by Crippen LogP contribution is 2.34. The number of piperidine rings is 1. The van der Waals surface area contributed by atoms with Crippen molar-refractivity contribution in [3.8, 4) is 0 Å². The minimum Gasteiger partial charge on any atom is -0.458 e. The first-order valence-corrected chi connectivity index (χ1v) is 12.2. The number of carbonyl (C=O) groups is 2. The Kier molecular flexibility index (Phi) is 7.74. The lowest BCUT2D eigenvalue weighted by molar-refractivity contribution is -0.162. The number of rotatable bonds is 5. The number of carbonyl (C=O) groups excluding carboxylic acids is 2. The molecule has 7 heteroatoms. The molecule has 0 bridgehead atoms. The van der Waals surface area contributed by atoms with Crippen molar-refractivity contribution in [3.05, 3.63) is 53.3 Å². The fraction of sp³-hybridized carbons (Fsp3) is 0.593. The molecule has 0 aliphatic carbocycles. The molecule has 0 spiro atoms. The van der Waals surface area contributed by atoms with E-state index in [0.29, 0.717) is 19.4 Å². The van der Waals surface area contributed by atoms with Crippen molar-refractivity contribution < 1.29 is 19.1 Å². The molecule has 0 N–H and O–H groups in total. The van der Waals surface area contributed by atoms with Gasteiger partial charge >= 0.3 is 12.1 Å². The summed E-state index contributed by atoms with van der Waals surface area (Å²) in [6.07, 6.45) is 1.49. The molecule has 1 fully saturated rings. The number of esters is 1. The lowest BCUT2D eigenvalue weighted by Crippen LogP contribution is -2.52. The smallest absolute Gasteiger partial charge is 0.411 e. The van der Waals surface area contributed by atoms with Crippen molar-refractivity contribution in [2.75, 3.05) is 6.54 Å². The van der Waals surface area contributed by atoms with Gasteiger partial charge in [-0.05, 0) is 72.9 Å². The minimum absolute atomic E-state index is 0.0542. The molecule has 0 saturated carbocycles. The number of ether oxygens (including phenoxy) is 2. The molecular formula is C27H39N3O4. The van der Waals surface area contributed by atoms with E-state index in [1.54, 1.807) is 0 Å². The van der Waals surface area contributed by atoms with Crippen molar-refractivity contribution in [3.63, 3.8) is 0 Å². The predicted molar refractivity (Wildman–Crippen MR) is 132 cm³/mol. The van der Waals surface area contributed by atoms with Crippen LogP contribution in [0.25, 0.3) is 0 Å². The maximum absolute atomic E-state index is 13.1. The van der Waals surface area contributed by atoms with Crippen LogP contribution in [-0.2, 0) is 27.2 Å². The number of likely N-dealkylation sites (tertiary alicyclic amines) is 1. The molecule has 186 valence electrons. The molecular weight excluding hydrogens is 430 g/mol. The maximum Gasteiger partial charge on any atom is 0.411 e. The van der Waals surface area contributed by atoms with Crippen LogP contribution in [0.1, 0.15) is 84.2 Å². The molecule has 7 nitrogen and oxygen atoms in total. The van der Waals surface area contributed by atoms with E-state index in [1.807, 2.05) is 64.4 Å². The lowest BCUT2D eigenvalue weighted by atomic mass is 9.88. The van der Waals surface area contributed by atoms with E-state index >= 15 is 0 Å². The van der Waals surface area contributed by atoms with E-state index in [2.05, 4.69) is 25.1 Å². The van der Waals surface area contributed by atoms with E-state index in [4.69, 9.17) is 14.6 Å². The number of hydrogen-bond acceptors (Lipinski definition) is 5. The summed E-state index contributed by atoms with van der Waals surface area (Å²) in [6.45, 7) is 14.2. The first-order chi connectivity index (χ1) is 15.9. The summed E-state index contributed by atoms with van der Waals surface area (Å²) in [5, 5.41) is 4.88. The van der Waals surface area contributed by atoms with Gasteiger partial charge in [-0.15, -0.1) is 0 Å². The number of aryl methyl sites for hydroxylation is 1. The van der Waals surface area contributed by atoms with Gasteiger partial charge in [-0.2, -0.15) is 5.10 Å². The van der Waals surface area contributed by atoms with Crippen LogP contribution in [0.5, 0.6) is 0 Å². The SMILES string of the molecule is CCn1nc(C2CCN(C(=O)OC(C)(C)C)C(C(=O)OC(C)(C)C)C2)cc1Cc1ccccc1. The monoisotopic (exact) mass is 469 g/mol. The fourth-order valence-corrected chi connectivity index (χ4v) is 4.26. The second-order valence-corrected chi connectivity index (χ2v) is 11.0. The van der Waals surface area contributed by atoms with Crippen LogP contribution in [0.15, 0.2) is 36.4 Å². The number of hydrogen-bond donors (Lipinski definition) is 0. The lowest BCUT2D eigenvalue weighted by Gasteiger charge is -2.39. The van der Waals surface area contributed by atoms with E-state index in [-0.39, 0.29) is 5.92 Å². The molecule has 34 heavy (non-hydrogen) atoms. The molecule has 1 aliphatic rings. The average molecular weight is 470 g/mol. The van der Waals surface area contributed by atoms with Crippen molar-refractivity contribution in [2.45, 2.75) is 97.4 Å². The Morgan fingerprint density at radius 3 is 2.26 bits per heavy atom. The van der Waals surface area contributed by atoms with Gasteiger partial charge in [0.05, 0.1) is 5.69 Å². The van der Waals surface area contributed by atoms with Gasteiger partial charge in [-0.1, -0.05) is 30.3 Å². The zero-order valence-electron chi connectivity index (χ0n) is 21.6. The van der Waals surface area contributed by atoms with Crippen LogP contribution >= 0.6 is 0 Å². The summed E-state index contributed by atoms with van der Waals surface area (Å²) in [4.78, 5) is 27.6. The Balaban J connectivity index is 1.84. The van der Waals surface area contributed by atoms with Gasteiger partial charge in [-0.25, -0.2) is 9.59 Å². The van der Waals surface area contributed by atoms with Crippen molar-refractivity contribution in [1.82, 2.24) is 14.7 Å². The normalized spacial score (nSPS) is 19.1. The molecule has 2 atom stereocenters. The Labute approximate surface area is 203 Å². The average Bonchev–Trinajstić information content (AvgIpc) is 3.14. The van der Waals surface area contributed by atoms with Crippen molar-refractivity contribution in [2.24, 2.45) is 0 Å². The third-order valence-electron chi connectivity index (χ3n) is 5.74. The minimum atomic E-state index is -0.711. The Hall–Kier alpha value is -2.83. The Morgan fingerprint density at radius 2 is 1.68 bits per heavy atom. The van der Waals surface area contributed by atoms with Crippen LogP contribution in [0, 0.1) is 0 Å². The van der Waals surface area contributed by atoms with Crippen LogP contribution in [0.4, 0.5) is 4.79 Å². The first-order valence-electron chi connectivity index (χ1n) is 12.2. The number of aromatic nitrogens is 2. The summed E-state index contributed by atoms with van der Waals surface area (Å²) < 4.78 is 13.3. The Bertz CT molecular complexity index is 986. The molecule has 1 amide bonds. The standard InChI is InChI=1S/C27H39N3O4/c1-8-30-21(16-19-12-10-9-11-13-19)18-22(28-30)20-14-15-29(25(32)34-27(5,6)7)23(17-20)24(31)33-26(2,3)4/h9-13,18,20,23H,8,14-17H2,1-7H3. The second kappa shape index (κ2) is 10.2. The van der Waals surface area contributed by atoms with Gasteiger partial charge in [-0.3, -0.25) is 9.58 Å². The van der Waals surface area contributed by atoms with Gasteiger partial charge in [0.25, 0.3) is 0 Å². The summed E-state index contributed by atoms with van der Waals surface area (Å²) in [5.41, 5.74) is 2.06. The molecule has 1 aromatic carbocycles. The van der Waals surface area contributed by atoms with Gasteiger partial charge in [0.15, 0.2) is 0 Å². The third-order valence-corrected chi connectivity index (χ3v) is 5.74. The van der Waals surface area contributed by atoms with Gasteiger partial charge < -0.3 is 9.47 Å². The van der Waals surface area contributed by atoms with E-state index in [0.717, 1.165) is 24.4 Å². The summed E-state index contributed by atoms with van der Waals surface area (Å²) in [6, 6.07) is 11.8. The summed E-state index contributed by atoms with van der Waals surface area (Å²) in [7, 11) is 0. The van der Waals surface area contributed by atoms with Crippen LogP contribution in [-0.4, -0.2) is 50.5 Å². The second-order valence-electron chi connectivity index (χ2n) is 11.0. The van der Waals surface area contributed by atoms with Crippen LogP contribution in [0.2, 0.25) is 0 Å². The van der Waals surface area contributed by atoms with Crippen LogP contribution in [0.3, 0.4) is 0 Å². The number of nitrogens with zero attached hydrogens (tertiary/aromatic N) is 3. The number of benzene rings is 1. The van der Waals surface area contributed by atoms with Gasteiger partial charge in [0.2, 0.25) is 0 Å². The van der Waals surface area contributed by atoms with E-state index in [9.17, 15) is 9.59 Å².